The lowest BCUT2D eigenvalue weighted by molar-refractivity contribution is -0.141. The summed E-state index contributed by atoms with van der Waals surface area (Å²) < 4.78 is 5.59. The lowest BCUT2D eigenvalue weighted by atomic mass is 10.1. The number of nitrogens with zero attached hydrogens (tertiary/aromatic N) is 1. The van der Waals surface area contributed by atoms with Crippen LogP contribution >= 0.6 is 0 Å². The van der Waals surface area contributed by atoms with Crippen LogP contribution < -0.4 is 4.74 Å². The van der Waals surface area contributed by atoms with Crippen LogP contribution in [0.25, 0.3) is 0 Å². The number of hydrogen-bond donors (Lipinski definition) is 1. The highest BCUT2D eigenvalue weighted by Gasteiger charge is 2.30. The van der Waals surface area contributed by atoms with Crippen molar-refractivity contribution < 1.29 is 19.4 Å². The fourth-order valence-electron chi connectivity index (χ4n) is 2.47. The van der Waals surface area contributed by atoms with Crippen molar-refractivity contribution in [3.05, 3.63) is 29.8 Å². The topological polar surface area (TPSA) is 66.8 Å². The molecule has 114 valence electrons. The molecule has 0 unspecified atom stereocenters. The normalized spacial score (nSPS) is 17.8. The first kappa shape index (κ1) is 15.4. The van der Waals surface area contributed by atoms with Crippen LogP contribution in [0, 0.1) is 12.8 Å². The van der Waals surface area contributed by atoms with E-state index in [4.69, 9.17) is 9.84 Å². The quantitative estimate of drug-likeness (QED) is 0.815. The zero-order valence-corrected chi connectivity index (χ0v) is 12.2. The number of carbonyl (C=O) groups is 2. The van der Waals surface area contributed by atoms with Gasteiger partial charge in [0.15, 0.2) is 0 Å². The molecule has 0 bridgehead atoms. The molecule has 5 heteroatoms. The Morgan fingerprint density at radius 2 is 2.24 bits per heavy atom. The summed E-state index contributed by atoms with van der Waals surface area (Å²) in [7, 11) is 0. The summed E-state index contributed by atoms with van der Waals surface area (Å²) in [5.41, 5.74) is 1.14. The summed E-state index contributed by atoms with van der Waals surface area (Å²) in [5, 5.41) is 8.92. The van der Waals surface area contributed by atoms with Crippen molar-refractivity contribution in [1.29, 1.82) is 0 Å². The Balaban J connectivity index is 1.67. The first-order valence-corrected chi connectivity index (χ1v) is 7.26. The Hall–Kier alpha value is -2.04. The van der Waals surface area contributed by atoms with Crippen molar-refractivity contribution in [2.45, 2.75) is 26.2 Å². The van der Waals surface area contributed by atoms with Gasteiger partial charge in [-0.2, -0.15) is 0 Å². The van der Waals surface area contributed by atoms with Crippen molar-refractivity contribution in [2.75, 3.05) is 19.7 Å². The van der Waals surface area contributed by atoms with Gasteiger partial charge in [-0.05, 0) is 37.5 Å². The van der Waals surface area contributed by atoms with Crippen LogP contribution in [-0.2, 0) is 9.59 Å². The Morgan fingerprint density at radius 1 is 1.43 bits per heavy atom. The number of carboxylic acids is 1. The minimum atomic E-state index is -0.812. The van der Waals surface area contributed by atoms with E-state index in [0.717, 1.165) is 11.3 Å². The standard InChI is InChI=1S/C16H21NO4/c1-12-4-2-5-14(10-12)21-9-3-6-15(18)17-8-7-13(11-17)16(19)20/h2,4-5,10,13H,3,6-9,11H2,1H3,(H,19,20)/t13-/m1/s1. The molecule has 1 aliphatic heterocycles. The molecule has 1 atom stereocenters. The van der Waals surface area contributed by atoms with Crippen molar-refractivity contribution in [3.63, 3.8) is 0 Å². The van der Waals surface area contributed by atoms with E-state index in [1.807, 2.05) is 31.2 Å². The Kier molecular flexibility index (Phi) is 5.20. The first-order valence-electron chi connectivity index (χ1n) is 7.26. The van der Waals surface area contributed by atoms with Gasteiger partial charge in [-0.15, -0.1) is 0 Å². The summed E-state index contributed by atoms with van der Waals surface area (Å²) >= 11 is 0. The summed E-state index contributed by atoms with van der Waals surface area (Å²) in [4.78, 5) is 24.5. The number of benzene rings is 1. The maximum Gasteiger partial charge on any atom is 0.308 e. The van der Waals surface area contributed by atoms with E-state index in [1.54, 1.807) is 4.90 Å². The second-order valence-electron chi connectivity index (χ2n) is 5.43. The third-order valence-electron chi connectivity index (χ3n) is 3.68. The van der Waals surface area contributed by atoms with Crippen molar-refractivity contribution >= 4 is 11.9 Å². The molecular weight excluding hydrogens is 270 g/mol. The molecule has 5 nitrogen and oxygen atoms in total. The van der Waals surface area contributed by atoms with Crippen molar-refractivity contribution in [2.24, 2.45) is 5.92 Å². The highest BCUT2D eigenvalue weighted by Crippen LogP contribution is 2.18. The van der Waals surface area contributed by atoms with Crippen LogP contribution in [0.3, 0.4) is 0 Å². The number of amides is 1. The van der Waals surface area contributed by atoms with E-state index in [9.17, 15) is 9.59 Å². The highest BCUT2D eigenvalue weighted by molar-refractivity contribution is 5.78. The van der Waals surface area contributed by atoms with Crippen LogP contribution in [0.2, 0.25) is 0 Å². The van der Waals surface area contributed by atoms with Crippen molar-refractivity contribution in [3.8, 4) is 5.75 Å². The molecule has 0 aromatic heterocycles. The fraction of sp³-hybridized carbons (Fsp3) is 0.500. The predicted octanol–water partition coefficient (Wildman–Crippen LogP) is 2.09. The molecule has 1 amide bonds. The summed E-state index contributed by atoms with van der Waals surface area (Å²) in [5.74, 6) is -0.383. The van der Waals surface area contributed by atoms with E-state index in [1.165, 1.54) is 0 Å². The minimum absolute atomic E-state index is 0.0200. The fourth-order valence-corrected chi connectivity index (χ4v) is 2.47. The Labute approximate surface area is 124 Å². The van der Waals surface area contributed by atoms with E-state index >= 15 is 0 Å². The van der Waals surface area contributed by atoms with Gasteiger partial charge >= 0.3 is 5.97 Å². The van der Waals surface area contributed by atoms with Crippen LogP contribution in [-0.4, -0.2) is 41.6 Å². The SMILES string of the molecule is Cc1cccc(OCCCC(=O)N2CC[C@@H](C(=O)O)C2)c1. The van der Waals surface area contributed by atoms with Crippen molar-refractivity contribution in [1.82, 2.24) is 4.90 Å². The number of carboxylic acid groups (broad SMARTS) is 1. The zero-order chi connectivity index (χ0) is 15.2. The summed E-state index contributed by atoms with van der Waals surface area (Å²) in [6, 6.07) is 7.79. The van der Waals surface area contributed by atoms with E-state index < -0.39 is 11.9 Å². The molecule has 0 aliphatic carbocycles. The number of ether oxygens (including phenoxy) is 1. The maximum absolute atomic E-state index is 12.0. The number of aliphatic carboxylic acids is 1. The van der Waals surface area contributed by atoms with E-state index in [-0.39, 0.29) is 5.91 Å². The molecule has 1 heterocycles. The third kappa shape index (κ3) is 4.48. The van der Waals surface area contributed by atoms with Gasteiger partial charge < -0.3 is 14.7 Å². The summed E-state index contributed by atoms with van der Waals surface area (Å²) in [6.45, 7) is 3.38. The van der Waals surface area contributed by atoms with Gasteiger partial charge in [0.05, 0.1) is 12.5 Å². The molecule has 1 aliphatic rings. The molecule has 21 heavy (non-hydrogen) atoms. The largest absolute Gasteiger partial charge is 0.494 e. The monoisotopic (exact) mass is 291 g/mol. The molecule has 0 saturated carbocycles. The van der Waals surface area contributed by atoms with Gasteiger partial charge in [0.25, 0.3) is 0 Å². The average Bonchev–Trinajstić information content (AvgIpc) is 2.93. The van der Waals surface area contributed by atoms with Crippen LogP contribution in [0.15, 0.2) is 24.3 Å². The number of rotatable bonds is 6. The zero-order valence-electron chi connectivity index (χ0n) is 12.2. The second kappa shape index (κ2) is 7.11. The molecule has 1 aromatic rings. The van der Waals surface area contributed by atoms with Gasteiger partial charge in [-0.3, -0.25) is 9.59 Å². The number of carbonyl (C=O) groups excluding carboxylic acids is 1. The highest BCUT2D eigenvalue weighted by atomic mass is 16.5. The van der Waals surface area contributed by atoms with Crippen LogP contribution in [0.5, 0.6) is 5.75 Å². The lowest BCUT2D eigenvalue weighted by Crippen LogP contribution is -2.30. The van der Waals surface area contributed by atoms with Crippen LogP contribution in [0.1, 0.15) is 24.8 Å². The molecule has 1 fully saturated rings. The number of hydrogen-bond acceptors (Lipinski definition) is 3. The third-order valence-corrected chi connectivity index (χ3v) is 3.68. The number of aryl methyl sites for hydroxylation is 1. The van der Waals surface area contributed by atoms with Gasteiger partial charge in [0.1, 0.15) is 5.75 Å². The molecule has 1 saturated heterocycles. The van der Waals surface area contributed by atoms with Gasteiger partial charge in [0, 0.05) is 19.5 Å². The number of likely N-dealkylation sites (tertiary alicyclic amines) is 1. The molecular formula is C16H21NO4. The summed E-state index contributed by atoms with van der Waals surface area (Å²) in [6.07, 6.45) is 1.60. The second-order valence-corrected chi connectivity index (χ2v) is 5.43. The molecule has 2 rings (SSSR count). The van der Waals surface area contributed by atoms with Gasteiger partial charge in [-0.25, -0.2) is 0 Å². The van der Waals surface area contributed by atoms with Gasteiger partial charge in [0.2, 0.25) is 5.91 Å². The minimum Gasteiger partial charge on any atom is -0.494 e. The van der Waals surface area contributed by atoms with E-state index in [0.29, 0.717) is 39.0 Å². The smallest absolute Gasteiger partial charge is 0.308 e. The Bertz CT molecular complexity index is 515. The van der Waals surface area contributed by atoms with Crippen LogP contribution in [0.4, 0.5) is 0 Å². The Morgan fingerprint density at radius 3 is 2.90 bits per heavy atom. The average molecular weight is 291 g/mol. The van der Waals surface area contributed by atoms with Gasteiger partial charge in [-0.1, -0.05) is 12.1 Å². The first-order chi connectivity index (χ1) is 10.1. The lowest BCUT2D eigenvalue weighted by Gasteiger charge is -2.15. The molecule has 1 aromatic carbocycles. The molecule has 0 spiro atoms. The molecule has 1 N–H and O–H groups in total. The maximum atomic E-state index is 12.0. The predicted molar refractivity (Wildman–Crippen MR) is 78.2 cm³/mol. The molecule has 0 radical (unpaired) electrons. The van der Waals surface area contributed by atoms with E-state index in [2.05, 4.69) is 0 Å².